The topological polar surface area (TPSA) is 81.1 Å². The van der Waals surface area contributed by atoms with Crippen LogP contribution in [-0.2, 0) is 21.3 Å². The molecular weight excluding hydrogens is 350 g/mol. The molecule has 0 bridgehead atoms. The van der Waals surface area contributed by atoms with Crippen molar-refractivity contribution in [3.8, 4) is 5.69 Å². The van der Waals surface area contributed by atoms with Gasteiger partial charge in [0, 0.05) is 11.1 Å². The highest BCUT2D eigenvalue weighted by atomic mass is 32.2. The van der Waals surface area contributed by atoms with Gasteiger partial charge in [0.05, 0.1) is 22.9 Å². The fourth-order valence-electron chi connectivity index (χ4n) is 3.12. The molecule has 0 atom stereocenters. The lowest BCUT2D eigenvalue weighted by Gasteiger charge is -2.13. The second-order valence-electron chi connectivity index (χ2n) is 6.32. The Balaban J connectivity index is 1.82. The summed E-state index contributed by atoms with van der Waals surface area (Å²) >= 11 is 0. The maximum Gasteiger partial charge on any atom is 0.256 e. The molecule has 26 heavy (non-hydrogen) atoms. The first-order chi connectivity index (χ1) is 12.4. The highest BCUT2D eigenvalue weighted by Gasteiger charge is 2.33. The van der Waals surface area contributed by atoms with Crippen molar-refractivity contribution in [1.82, 2.24) is 9.78 Å². The molecule has 0 saturated heterocycles. The standard InChI is InChI=1S/C19H17N3O3S/c1-13-7-5-6-10-17(13)22-18(15-11-26(24,25)12-16(15)21-22)20-19(23)14-8-3-2-4-9-14/h2-10H,11-12H2,1H3,(H,20,23). The number of carbonyl (C=O) groups excluding carboxylic acids is 1. The first-order valence-electron chi connectivity index (χ1n) is 8.18. The number of hydrogen-bond donors (Lipinski definition) is 1. The van der Waals surface area contributed by atoms with E-state index in [-0.39, 0.29) is 17.4 Å². The van der Waals surface area contributed by atoms with Gasteiger partial charge >= 0.3 is 0 Å². The zero-order chi connectivity index (χ0) is 18.3. The number of aryl methyl sites for hydroxylation is 1. The molecule has 7 heteroatoms. The van der Waals surface area contributed by atoms with Gasteiger partial charge in [-0.05, 0) is 30.7 Å². The van der Waals surface area contributed by atoms with Crippen LogP contribution in [0.2, 0.25) is 0 Å². The third kappa shape index (κ3) is 2.90. The molecule has 0 aliphatic carbocycles. The molecule has 0 fully saturated rings. The van der Waals surface area contributed by atoms with E-state index in [0.29, 0.717) is 22.6 Å². The van der Waals surface area contributed by atoms with Crippen LogP contribution in [0.15, 0.2) is 54.6 Å². The van der Waals surface area contributed by atoms with Gasteiger partial charge in [-0.3, -0.25) is 4.79 Å². The summed E-state index contributed by atoms with van der Waals surface area (Å²) in [5.41, 5.74) is 3.35. The summed E-state index contributed by atoms with van der Waals surface area (Å²) in [4.78, 5) is 12.6. The second-order valence-corrected chi connectivity index (χ2v) is 8.39. The number of aromatic nitrogens is 2. The van der Waals surface area contributed by atoms with Crippen LogP contribution in [0.5, 0.6) is 0 Å². The molecule has 132 valence electrons. The summed E-state index contributed by atoms with van der Waals surface area (Å²) in [6.07, 6.45) is 0. The number of nitrogens with one attached hydrogen (secondary N) is 1. The number of fused-ring (bicyclic) bond motifs is 1. The summed E-state index contributed by atoms with van der Waals surface area (Å²) in [7, 11) is -3.22. The molecule has 3 aromatic rings. The number of anilines is 1. The number of carbonyl (C=O) groups is 1. The molecule has 2 heterocycles. The summed E-state index contributed by atoms with van der Waals surface area (Å²) in [6, 6.07) is 16.5. The third-order valence-electron chi connectivity index (χ3n) is 4.40. The van der Waals surface area contributed by atoms with E-state index in [1.807, 2.05) is 37.3 Å². The van der Waals surface area contributed by atoms with E-state index in [0.717, 1.165) is 11.3 Å². The van der Waals surface area contributed by atoms with Gasteiger partial charge in [0.15, 0.2) is 9.84 Å². The van der Waals surface area contributed by atoms with Gasteiger partial charge in [-0.1, -0.05) is 36.4 Å². The minimum Gasteiger partial charge on any atom is -0.306 e. The summed E-state index contributed by atoms with van der Waals surface area (Å²) < 4.78 is 25.7. The Morgan fingerprint density at radius 3 is 2.46 bits per heavy atom. The lowest BCUT2D eigenvalue weighted by atomic mass is 10.2. The van der Waals surface area contributed by atoms with Crippen LogP contribution in [0.4, 0.5) is 5.82 Å². The van der Waals surface area contributed by atoms with Gasteiger partial charge < -0.3 is 5.32 Å². The van der Waals surface area contributed by atoms with Crippen LogP contribution in [0.1, 0.15) is 27.2 Å². The smallest absolute Gasteiger partial charge is 0.256 e. The van der Waals surface area contributed by atoms with Crippen molar-refractivity contribution in [2.24, 2.45) is 0 Å². The highest BCUT2D eigenvalue weighted by molar-refractivity contribution is 7.90. The van der Waals surface area contributed by atoms with E-state index in [2.05, 4.69) is 10.4 Å². The van der Waals surface area contributed by atoms with E-state index >= 15 is 0 Å². The highest BCUT2D eigenvalue weighted by Crippen LogP contribution is 2.33. The number of nitrogens with zero attached hydrogens (tertiary/aromatic N) is 2. The molecule has 4 rings (SSSR count). The molecule has 0 unspecified atom stereocenters. The van der Waals surface area contributed by atoms with Crippen molar-refractivity contribution >= 4 is 21.6 Å². The Kier molecular flexibility index (Phi) is 3.88. The van der Waals surface area contributed by atoms with Crippen molar-refractivity contribution in [3.63, 3.8) is 0 Å². The average molecular weight is 367 g/mol. The van der Waals surface area contributed by atoms with Crippen molar-refractivity contribution in [2.75, 3.05) is 5.32 Å². The van der Waals surface area contributed by atoms with Gasteiger partial charge in [0.1, 0.15) is 5.82 Å². The van der Waals surface area contributed by atoms with E-state index in [1.165, 1.54) is 0 Å². The summed E-state index contributed by atoms with van der Waals surface area (Å²) in [5.74, 6) is -0.0923. The van der Waals surface area contributed by atoms with Gasteiger partial charge in [-0.2, -0.15) is 5.10 Å². The molecular formula is C19H17N3O3S. The van der Waals surface area contributed by atoms with Crippen LogP contribution in [-0.4, -0.2) is 24.1 Å². The van der Waals surface area contributed by atoms with Crippen LogP contribution < -0.4 is 5.32 Å². The predicted octanol–water partition coefficient (Wildman–Crippen LogP) is 2.86. The number of para-hydroxylation sites is 1. The van der Waals surface area contributed by atoms with Crippen LogP contribution in [0.25, 0.3) is 5.69 Å². The quantitative estimate of drug-likeness (QED) is 0.772. The average Bonchev–Trinajstić information content (AvgIpc) is 3.09. The van der Waals surface area contributed by atoms with Crippen LogP contribution in [0.3, 0.4) is 0 Å². The fourth-order valence-corrected chi connectivity index (χ4v) is 4.61. The van der Waals surface area contributed by atoms with Crippen molar-refractivity contribution in [1.29, 1.82) is 0 Å². The Labute approximate surface area is 151 Å². The largest absolute Gasteiger partial charge is 0.306 e. The number of sulfone groups is 1. The minimum absolute atomic E-state index is 0.102. The number of amides is 1. The van der Waals surface area contributed by atoms with E-state index in [4.69, 9.17) is 0 Å². The Hall–Kier alpha value is -2.93. The van der Waals surface area contributed by atoms with Gasteiger partial charge in [-0.25, -0.2) is 13.1 Å². The molecule has 0 spiro atoms. The first-order valence-corrected chi connectivity index (χ1v) is 10.0. The second kappa shape index (κ2) is 6.10. The van der Waals surface area contributed by atoms with Crippen molar-refractivity contribution < 1.29 is 13.2 Å². The number of hydrogen-bond acceptors (Lipinski definition) is 4. The van der Waals surface area contributed by atoms with Gasteiger partial charge in [0.2, 0.25) is 0 Å². The first kappa shape index (κ1) is 16.5. The summed E-state index contributed by atoms with van der Waals surface area (Å²) in [5, 5.41) is 7.35. The summed E-state index contributed by atoms with van der Waals surface area (Å²) in [6.45, 7) is 1.95. The van der Waals surface area contributed by atoms with Gasteiger partial charge in [0.25, 0.3) is 5.91 Å². The maximum atomic E-state index is 12.6. The Bertz CT molecular complexity index is 1100. The molecule has 6 nitrogen and oxygen atoms in total. The third-order valence-corrected chi connectivity index (χ3v) is 5.84. The molecule has 0 radical (unpaired) electrons. The minimum atomic E-state index is -3.22. The van der Waals surface area contributed by atoms with Gasteiger partial charge in [-0.15, -0.1) is 0 Å². The fraction of sp³-hybridized carbons (Fsp3) is 0.158. The number of rotatable bonds is 3. The molecule has 1 aliphatic heterocycles. The Morgan fingerprint density at radius 2 is 1.73 bits per heavy atom. The lowest BCUT2D eigenvalue weighted by molar-refractivity contribution is 0.102. The van der Waals surface area contributed by atoms with E-state index in [9.17, 15) is 13.2 Å². The van der Waals surface area contributed by atoms with Crippen molar-refractivity contribution in [2.45, 2.75) is 18.4 Å². The molecule has 1 amide bonds. The van der Waals surface area contributed by atoms with Crippen LogP contribution >= 0.6 is 0 Å². The molecule has 2 aromatic carbocycles. The van der Waals surface area contributed by atoms with E-state index < -0.39 is 9.84 Å². The number of benzene rings is 2. The Morgan fingerprint density at radius 1 is 1.04 bits per heavy atom. The molecule has 1 N–H and O–H groups in total. The van der Waals surface area contributed by atoms with E-state index in [1.54, 1.807) is 28.9 Å². The molecule has 1 aromatic heterocycles. The monoisotopic (exact) mass is 367 g/mol. The molecule has 1 aliphatic rings. The lowest BCUT2D eigenvalue weighted by Crippen LogP contribution is -2.17. The zero-order valence-corrected chi connectivity index (χ0v) is 15.0. The zero-order valence-electron chi connectivity index (χ0n) is 14.1. The van der Waals surface area contributed by atoms with Crippen molar-refractivity contribution in [3.05, 3.63) is 77.0 Å². The maximum absolute atomic E-state index is 12.6. The normalized spacial score (nSPS) is 14.8. The molecule has 0 saturated carbocycles. The predicted molar refractivity (Wildman–Crippen MR) is 99.0 cm³/mol. The van der Waals surface area contributed by atoms with Crippen LogP contribution in [0, 0.1) is 6.92 Å². The SMILES string of the molecule is Cc1ccccc1-n1nc2c(c1NC(=O)c1ccccc1)CS(=O)(=O)C2.